The molecule has 76 valence electrons. The highest BCUT2D eigenvalue weighted by Crippen LogP contribution is 2.27. The molecule has 0 aromatic heterocycles. The molecule has 1 aromatic carbocycles. The van der Waals surface area contributed by atoms with Gasteiger partial charge >= 0.3 is 0 Å². The quantitative estimate of drug-likeness (QED) is 0.777. The standard InChI is InChI=1S/C12H16ClN/c1-9-6-7-12(11(13)8-9)14-10-4-2-3-5-10/h6-8,10,14H,2-5H2,1H3. The molecular formula is C12H16ClN. The first-order valence-corrected chi connectivity index (χ1v) is 5.66. The van der Waals surface area contributed by atoms with Crippen molar-refractivity contribution < 1.29 is 0 Å². The number of nitrogens with one attached hydrogen (secondary N) is 1. The lowest BCUT2D eigenvalue weighted by atomic mass is 10.2. The number of rotatable bonds is 2. The zero-order chi connectivity index (χ0) is 9.97. The van der Waals surface area contributed by atoms with Crippen LogP contribution in [0, 0.1) is 6.92 Å². The van der Waals surface area contributed by atoms with Gasteiger partial charge in [-0.15, -0.1) is 0 Å². The third kappa shape index (κ3) is 2.21. The maximum atomic E-state index is 6.15. The molecule has 0 spiro atoms. The Labute approximate surface area is 90.5 Å². The van der Waals surface area contributed by atoms with Crippen molar-refractivity contribution in [2.45, 2.75) is 38.6 Å². The van der Waals surface area contributed by atoms with Gasteiger partial charge in [0, 0.05) is 6.04 Å². The minimum absolute atomic E-state index is 0.634. The SMILES string of the molecule is Cc1ccc(NC2CCCC2)c(Cl)c1. The first-order valence-electron chi connectivity index (χ1n) is 5.28. The van der Waals surface area contributed by atoms with Crippen molar-refractivity contribution in [3.05, 3.63) is 28.8 Å². The van der Waals surface area contributed by atoms with Gasteiger partial charge in [0.05, 0.1) is 10.7 Å². The Morgan fingerprint density at radius 1 is 1.29 bits per heavy atom. The van der Waals surface area contributed by atoms with Crippen LogP contribution in [0.25, 0.3) is 0 Å². The van der Waals surface area contributed by atoms with Gasteiger partial charge in [0.25, 0.3) is 0 Å². The fourth-order valence-corrected chi connectivity index (χ4v) is 2.32. The van der Waals surface area contributed by atoms with Crippen LogP contribution in [0.2, 0.25) is 5.02 Å². The molecule has 2 rings (SSSR count). The molecule has 0 unspecified atom stereocenters. The number of benzene rings is 1. The van der Waals surface area contributed by atoms with E-state index in [0.717, 1.165) is 10.7 Å². The summed E-state index contributed by atoms with van der Waals surface area (Å²) in [6, 6.07) is 6.83. The fraction of sp³-hybridized carbons (Fsp3) is 0.500. The largest absolute Gasteiger partial charge is 0.381 e. The number of halogens is 1. The minimum atomic E-state index is 0.634. The van der Waals surface area contributed by atoms with Crippen molar-refractivity contribution in [2.24, 2.45) is 0 Å². The predicted molar refractivity (Wildman–Crippen MR) is 62.1 cm³/mol. The molecule has 0 bridgehead atoms. The van der Waals surface area contributed by atoms with Crippen molar-refractivity contribution in [1.82, 2.24) is 0 Å². The number of anilines is 1. The van der Waals surface area contributed by atoms with Crippen molar-refractivity contribution in [3.8, 4) is 0 Å². The summed E-state index contributed by atoms with van der Waals surface area (Å²) in [5.74, 6) is 0. The molecular weight excluding hydrogens is 194 g/mol. The average molecular weight is 210 g/mol. The highest BCUT2D eigenvalue weighted by molar-refractivity contribution is 6.33. The van der Waals surface area contributed by atoms with Crippen LogP contribution in [-0.2, 0) is 0 Å². The molecule has 0 saturated heterocycles. The second-order valence-corrected chi connectivity index (χ2v) is 4.52. The lowest BCUT2D eigenvalue weighted by molar-refractivity contribution is 0.755. The van der Waals surface area contributed by atoms with E-state index in [0.29, 0.717) is 6.04 Å². The molecule has 1 aliphatic rings. The maximum Gasteiger partial charge on any atom is 0.0640 e. The Balaban J connectivity index is 2.08. The van der Waals surface area contributed by atoms with Crippen LogP contribution in [0.1, 0.15) is 31.2 Å². The molecule has 1 saturated carbocycles. The van der Waals surface area contributed by atoms with Crippen molar-refractivity contribution in [1.29, 1.82) is 0 Å². The topological polar surface area (TPSA) is 12.0 Å². The Bertz CT molecular complexity index is 316. The second-order valence-electron chi connectivity index (χ2n) is 4.11. The normalized spacial score (nSPS) is 17.3. The Hall–Kier alpha value is -0.690. The van der Waals surface area contributed by atoms with Gasteiger partial charge in [-0.25, -0.2) is 0 Å². The maximum absolute atomic E-state index is 6.15. The van der Waals surface area contributed by atoms with Gasteiger partial charge in [0.1, 0.15) is 0 Å². The first-order chi connectivity index (χ1) is 6.75. The molecule has 0 heterocycles. The van der Waals surface area contributed by atoms with Gasteiger partial charge in [0.2, 0.25) is 0 Å². The minimum Gasteiger partial charge on any atom is -0.381 e. The molecule has 1 fully saturated rings. The lowest BCUT2D eigenvalue weighted by Crippen LogP contribution is -2.14. The Morgan fingerprint density at radius 3 is 2.64 bits per heavy atom. The smallest absolute Gasteiger partial charge is 0.0640 e. The lowest BCUT2D eigenvalue weighted by Gasteiger charge is -2.14. The van der Waals surface area contributed by atoms with Gasteiger partial charge < -0.3 is 5.32 Å². The molecule has 0 radical (unpaired) electrons. The van der Waals surface area contributed by atoms with E-state index < -0.39 is 0 Å². The van der Waals surface area contributed by atoms with E-state index in [-0.39, 0.29) is 0 Å². The molecule has 0 aliphatic heterocycles. The number of hydrogen-bond donors (Lipinski definition) is 1. The summed E-state index contributed by atoms with van der Waals surface area (Å²) in [5.41, 5.74) is 2.30. The van der Waals surface area contributed by atoms with Crippen LogP contribution in [0.5, 0.6) is 0 Å². The van der Waals surface area contributed by atoms with Crippen LogP contribution in [0.15, 0.2) is 18.2 Å². The summed E-state index contributed by atoms with van der Waals surface area (Å²) in [5, 5.41) is 4.35. The fourth-order valence-electron chi connectivity index (χ4n) is 2.03. The summed E-state index contributed by atoms with van der Waals surface area (Å²) in [6.07, 6.45) is 5.26. The van der Waals surface area contributed by atoms with E-state index in [1.165, 1.54) is 31.2 Å². The van der Waals surface area contributed by atoms with Crippen molar-refractivity contribution in [2.75, 3.05) is 5.32 Å². The van der Waals surface area contributed by atoms with E-state index in [4.69, 9.17) is 11.6 Å². The highest BCUT2D eigenvalue weighted by atomic mass is 35.5. The van der Waals surface area contributed by atoms with E-state index in [9.17, 15) is 0 Å². The molecule has 1 nitrogen and oxygen atoms in total. The molecule has 1 aliphatic carbocycles. The second kappa shape index (κ2) is 4.22. The molecule has 1 aromatic rings. The summed E-state index contributed by atoms with van der Waals surface area (Å²) >= 11 is 6.15. The van der Waals surface area contributed by atoms with Crippen LogP contribution >= 0.6 is 11.6 Å². The van der Waals surface area contributed by atoms with Gasteiger partial charge in [0.15, 0.2) is 0 Å². The van der Waals surface area contributed by atoms with Gasteiger partial charge in [-0.3, -0.25) is 0 Å². The van der Waals surface area contributed by atoms with Gasteiger partial charge in [-0.05, 0) is 37.5 Å². The predicted octanol–water partition coefficient (Wildman–Crippen LogP) is 4.00. The summed E-state index contributed by atoms with van der Waals surface area (Å²) in [4.78, 5) is 0. The summed E-state index contributed by atoms with van der Waals surface area (Å²) < 4.78 is 0. The molecule has 0 atom stereocenters. The molecule has 0 amide bonds. The molecule has 14 heavy (non-hydrogen) atoms. The van der Waals surface area contributed by atoms with Gasteiger partial charge in [-0.1, -0.05) is 30.5 Å². The van der Waals surface area contributed by atoms with Crippen LogP contribution < -0.4 is 5.32 Å². The summed E-state index contributed by atoms with van der Waals surface area (Å²) in [6.45, 7) is 2.06. The van der Waals surface area contributed by atoms with Crippen LogP contribution in [0.4, 0.5) is 5.69 Å². The number of aryl methyl sites for hydroxylation is 1. The Morgan fingerprint density at radius 2 is 2.00 bits per heavy atom. The van der Waals surface area contributed by atoms with E-state index in [1.807, 2.05) is 6.07 Å². The van der Waals surface area contributed by atoms with Crippen molar-refractivity contribution in [3.63, 3.8) is 0 Å². The number of hydrogen-bond acceptors (Lipinski definition) is 1. The molecule has 1 N–H and O–H groups in total. The zero-order valence-corrected chi connectivity index (χ0v) is 9.27. The van der Waals surface area contributed by atoms with Crippen LogP contribution in [0.3, 0.4) is 0 Å². The first kappa shape index (κ1) is 9.85. The van der Waals surface area contributed by atoms with E-state index >= 15 is 0 Å². The van der Waals surface area contributed by atoms with Gasteiger partial charge in [-0.2, -0.15) is 0 Å². The third-order valence-electron chi connectivity index (χ3n) is 2.84. The third-order valence-corrected chi connectivity index (χ3v) is 3.15. The highest BCUT2D eigenvalue weighted by Gasteiger charge is 2.15. The monoisotopic (exact) mass is 209 g/mol. The van der Waals surface area contributed by atoms with E-state index in [2.05, 4.69) is 24.4 Å². The zero-order valence-electron chi connectivity index (χ0n) is 8.52. The molecule has 2 heteroatoms. The van der Waals surface area contributed by atoms with Crippen molar-refractivity contribution >= 4 is 17.3 Å². The Kier molecular flexibility index (Phi) is 2.97. The van der Waals surface area contributed by atoms with Crippen LogP contribution in [-0.4, -0.2) is 6.04 Å². The average Bonchev–Trinajstić information content (AvgIpc) is 2.62. The van der Waals surface area contributed by atoms with E-state index in [1.54, 1.807) is 0 Å². The summed E-state index contributed by atoms with van der Waals surface area (Å²) in [7, 11) is 0.